The predicted octanol–water partition coefficient (Wildman–Crippen LogP) is 5.18. The molecule has 2 aromatic carbocycles. The van der Waals surface area contributed by atoms with Crippen molar-refractivity contribution in [3.63, 3.8) is 0 Å². The van der Waals surface area contributed by atoms with Crippen molar-refractivity contribution in [2.45, 2.75) is 52.7 Å². The molecule has 2 atom stereocenters. The maximum atomic E-state index is 13.8. The van der Waals surface area contributed by atoms with Crippen LogP contribution in [0.3, 0.4) is 0 Å². The molecule has 32 heavy (non-hydrogen) atoms. The van der Waals surface area contributed by atoms with E-state index in [-0.39, 0.29) is 24.0 Å². The minimum Gasteiger partial charge on any atom is -0.481 e. The fraction of sp³-hybridized carbons (Fsp3) is 0.346. The number of carboxylic acid groups (broad SMARTS) is 1. The maximum absolute atomic E-state index is 13.8. The van der Waals surface area contributed by atoms with Crippen LogP contribution in [0.25, 0.3) is 5.57 Å². The van der Waals surface area contributed by atoms with E-state index in [4.69, 9.17) is 5.11 Å². The van der Waals surface area contributed by atoms with Crippen LogP contribution in [0.2, 0.25) is 0 Å². The van der Waals surface area contributed by atoms with Crippen molar-refractivity contribution in [3.05, 3.63) is 88.0 Å². The zero-order valence-corrected chi connectivity index (χ0v) is 18.8. The van der Waals surface area contributed by atoms with Gasteiger partial charge in [0.05, 0.1) is 18.6 Å². The summed E-state index contributed by atoms with van der Waals surface area (Å²) in [6, 6.07) is 9.00. The summed E-state index contributed by atoms with van der Waals surface area (Å²) < 4.78 is 27.6. The second kappa shape index (κ2) is 11.2. The molecule has 0 spiro atoms. The van der Waals surface area contributed by atoms with Crippen molar-refractivity contribution in [2.75, 3.05) is 0 Å². The highest BCUT2D eigenvalue weighted by Crippen LogP contribution is 2.35. The van der Waals surface area contributed by atoms with Crippen molar-refractivity contribution in [1.29, 1.82) is 0 Å². The maximum Gasteiger partial charge on any atom is 0.305 e. The predicted molar refractivity (Wildman–Crippen MR) is 121 cm³/mol. The molecular weight excluding hydrogens is 414 g/mol. The summed E-state index contributed by atoms with van der Waals surface area (Å²) in [6.07, 6.45) is 0.461. The molecule has 0 saturated heterocycles. The molecule has 0 aromatic heterocycles. The Hall–Kier alpha value is -2.83. The number of allylic oxidation sites excluding steroid dienone is 2. The van der Waals surface area contributed by atoms with Gasteiger partial charge in [0.2, 0.25) is 0 Å². The number of aliphatic hydroxyl groups excluding tert-OH is 2. The number of hydrogen-bond acceptors (Lipinski definition) is 3. The van der Waals surface area contributed by atoms with E-state index in [0.29, 0.717) is 11.1 Å². The lowest BCUT2D eigenvalue weighted by atomic mass is 9.84. The Morgan fingerprint density at radius 2 is 1.47 bits per heavy atom. The van der Waals surface area contributed by atoms with Gasteiger partial charge in [0.1, 0.15) is 11.6 Å². The van der Waals surface area contributed by atoms with Crippen molar-refractivity contribution >= 4 is 11.5 Å². The topological polar surface area (TPSA) is 77.8 Å². The second-order valence-electron chi connectivity index (χ2n) is 8.32. The van der Waals surface area contributed by atoms with Crippen LogP contribution in [0.5, 0.6) is 0 Å². The van der Waals surface area contributed by atoms with Gasteiger partial charge in [0.25, 0.3) is 0 Å². The molecule has 0 saturated carbocycles. The molecule has 0 fully saturated rings. The number of aryl methyl sites for hydroxylation is 2. The van der Waals surface area contributed by atoms with E-state index < -0.39 is 24.6 Å². The van der Waals surface area contributed by atoms with Gasteiger partial charge < -0.3 is 15.3 Å². The number of benzene rings is 2. The Labute approximate surface area is 187 Å². The summed E-state index contributed by atoms with van der Waals surface area (Å²) in [5.41, 5.74) is 4.64. The molecule has 0 aliphatic carbocycles. The van der Waals surface area contributed by atoms with Crippen LogP contribution in [-0.4, -0.2) is 33.5 Å². The SMILES string of the molecule is Cc1cc(F)ccc1C(=C(/C=C/[C@@H](O)C[C@@H](O)CC(=O)O)C(C)C)c1ccc(F)cc1C. The van der Waals surface area contributed by atoms with Gasteiger partial charge in [-0.25, -0.2) is 8.78 Å². The third-order valence-corrected chi connectivity index (χ3v) is 5.25. The number of aliphatic hydroxyl groups is 2. The largest absolute Gasteiger partial charge is 0.481 e. The Balaban J connectivity index is 2.62. The van der Waals surface area contributed by atoms with Crippen LogP contribution in [0.4, 0.5) is 8.78 Å². The molecule has 0 amide bonds. The smallest absolute Gasteiger partial charge is 0.305 e. The monoisotopic (exact) mass is 444 g/mol. The molecule has 0 radical (unpaired) electrons. The fourth-order valence-electron chi connectivity index (χ4n) is 3.69. The molecule has 0 unspecified atom stereocenters. The van der Waals surface area contributed by atoms with Gasteiger partial charge in [-0.1, -0.05) is 38.1 Å². The molecule has 0 bridgehead atoms. The molecule has 6 heteroatoms. The van der Waals surface area contributed by atoms with E-state index in [1.165, 1.54) is 30.3 Å². The van der Waals surface area contributed by atoms with Gasteiger partial charge in [-0.3, -0.25) is 4.79 Å². The average molecular weight is 445 g/mol. The number of rotatable bonds is 9. The van der Waals surface area contributed by atoms with Crippen LogP contribution in [0.15, 0.2) is 54.1 Å². The van der Waals surface area contributed by atoms with E-state index >= 15 is 0 Å². The lowest BCUT2D eigenvalue weighted by Crippen LogP contribution is -2.19. The first-order chi connectivity index (χ1) is 15.0. The van der Waals surface area contributed by atoms with Crippen molar-refractivity contribution in [1.82, 2.24) is 0 Å². The van der Waals surface area contributed by atoms with Gasteiger partial charge >= 0.3 is 5.97 Å². The third-order valence-electron chi connectivity index (χ3n) is 5.25. The molecule has 0 aliphatic rings. The zero-order valence-electron chi connectivity index (χ0n) is 18.8. The third kappa shape index (κ3) is 6.84. The fourth-order valence-corrected chi connectivity index (χ4v) is 3.69. The zero-order chi connectivity index (χ0) is 24.0. The highest BCUT2D eigenvalue weighted by atomic mass is 19.1. The molecular formula is C26H30F2O4. The minimum absolute atomic E-state index is 0.00806. The van der Waals surface area contributed by atoms with E-state index in [2.05, 4.69) is 0 Å². The molecule has 172 valence electrons. The van der Waals surface area contributed by atoms with Crippen LogP contribution in [0.1, 0.15) is 48.9 Å². The van der Waals surface area contributed by atoms with E-state index in [1.807, 2.05) is 13.8 Å². The van der Waals surface area contributed by atoms with Gasteiger partial charge in [-0.15, -0.1) is 0 Å². The summed E-state index contributed by atoms with van der Waals surface area (Å²) in [4.78, 5) is 10.7. The Bertz CT molecular complexity index is 971. The Kier molecular flexibility index (Phi) is 8.87. The average Bonchev–Trinajstić information content (AvgIpc) is 2.65. The first kappa shape index (κ1) is 25.4. The summed E-state index contributed by atoms with van der Waals surface area (Å²) in [7, 11) is 0. The first-order valence-corrected chi connectivity index (χ1v) is 10.5. The van der Waals surface area contributed by atoms with Crippen molar-refractivity contribution in [3.8, 4) is 0 Å². The van der Waals surface area contributed by atoms with Gasteiger partial charge in [0.15, 0.2) is 0 Å². The van der Waals surface area contributed by atoms with Gasteiger partial charge in [-0.2, -0.15) is 0 Å². The van der Waals surface area contributed by atoms with Crippen LogP contribution < -0.4 is 0 Å². The summed E-state index contributed by atoms with van der Waals surface area (Å²) >= 11 is 0. The number of carboxylic acids is 1. The van der Waals surface area contributed by atoms with Crippen LogP contribution in [0, 0.1) is 31.4 Å². The van der Waals surface area contributed by atoms with Crippen molar-refractivity contribution < 1.29 is 28.9 Å². The van der Waals surface area contributed by atoms with E-state index in [9.17, 15) is 23.8 Å². The quantitative estimate of drug-likeness (QED) is 0.466. The first-order valence-electron chi connectivity index (χ1n) is 10.5. The second-order valence-corrected chi connectivity index (χ2v) is 8.32. The highest BCUT2D eigenvalue weighted by Gasteiger charge is 2.19. The number of aliphatic carboxylic acids is 1. The van der Waals surface area contributed by atoms with E-state index in [0.717, 1.165) is 22.3 Å². The normalized spacial score (nSPS) is 13.4. The van der Waals surface area contributed by atoms with Crippen LogP contribution >= 0.6 is 0 Å². The van der Waals surface area contributed by atoms with E-state index in [1.54, 1.807) is 32.1 Å². The molecule has 4 nitrogen and oxygen atoms in total. The van der Waals surface area contributed by atoms with Gasteiger partial charge in [-0.05, 0) is 77.4 Å². The Morgan fingerprint density at radius 3 is 1.88 bits per heavy atom. The summed E-state index contributed by atoms with van der Waals surface area (Å²) in [5, 5.41) is 28.9. The summed E-state index contributed by atoms with van der Waals surface area (Å²) in [5.74, 6) is -1.86. The molecule has 0 heterocycles. The molecule has 2 rings (SSSR count). The number of hydrogen-bond donors (Lipinski definition) is 3. The van der Waals surface area contributed by atoms with Gasteiger partial charge in [0, 0.05) is 6.42 Å². The van der Waals surface area contributed by atoms with Crippen LogP contribution in [-0.2, 0) is 4.79 Å². The Morgan fingerprint density at radius 1 is 0.969 bits per heavy atom. The molecule has 0 aliphatic heterocycles. The molecule has 2 aromatic rings. The highest BCUT2D eigenvalue weighted by molar-refractivity contribution is 5.86. The number of carbonyl (C=O) groups is 1. The standard InChI is InChI=1S/C26H30F2O4/c1-15(2)22(10-7-20(29)13-21(30)14-25(31)32)26(23-8-5-18(27)11-16(23)3)24-9-6-19(28)12-17(24)4/h5-12,15,20-21,29-30H,13-14H2,1-4H3,(H,31,32)/b10-7+/t20-,21-/m1/s1. The lowest BCUT2D eigenvalue weighted by molar-refractivity contribution is -0.139. The molecule has 3 N–H and O–H groups in total. The number of halogens is 2. The lowest BCUT2D eigenvalue weighted by Gasteiger charge is -2.21. The van der Waals surface area contributed by atoms with Crippen molar-refractivity contribution in [2.24, 2.45) is 5.92 Å². The minimum atomic E-state index is -1.17. The summed E-state index contributed by atoms with van der Waals surface area (Å²) in [6.45, 7) is 7.55.